The second-order valence-corrected chi connectivity index (χ2v) is 2.75. The van der Waals surface area contributed by atoms with E-state index in [9.17, 15) is 9.59 Å². The van der Waals surface area contributed by atoms with Gasteiger partial charge in [0.15, 0.2) is 0 Å². The summed E-state index contributed by atoms with van der Waals surface area (Å²) in [5.41, 5.74) is 0. The molecule has 1 rings (SSSR count). The molecule has 1 fully saturated rings. The van der Waals surface area contributed by atoms with Crippen LogP contribution >= 0.6 is 0 Å². The molecule has 4 heteroatoms. The molecule has 0 aromatic carbocycles. The number of carbonyl (C=O) groups is 2. The third-order valence-corrected chi connectivity index (χ3v) is 1.93. The highest BCUT2D eigenvalue weighted by Gasteiger charge is 2.34. The second kappa shape index (κ2) is 5.70. The van der Waals surface area contributed by atoms with Gasteiger partial charge in [-0.3, -0.25) is 14.5 Å². The Morgan fingerprint density at radius 1 is 1.46 bits per heavy atom. The minimum absolute atomic E-state index is 0.0654. The first-order valence-electron chi connectivity index (χ1n) is 4.61. The standard InChI is InChI=1S/C7H12N2O2.C2H6/c1-8-4-5-3-6(10)9(2)7(5)11;1-2/h5,8H,3-4H2,1-2H3;1-2H3. The normalized spacial score (nSPS) is 21.5. The zero-order valence-electron chi connectivity index (χ0n) is 8.76. The van der Waals surface area contributed by atoms with E-state index in [0.29, 0.717) is 13.0 Å². The predicted molar refractivity (Wildman–Crippen MR) is 51.2 cm³/mol. The average Bonchev–Trinajstić information content (AvgIpc) is 2.38. The lowest BCUT2D eigenvalue weighted by molar-refractivity contribution is -0.137. The van der Waals surface area contributed by atoms with Crippen LogP contribution in [0.4, 0.5) is 0 Å². The second-order valence-electron chi connectivity index (χ2n) is 2.75. The van der Waals surface area contributed by atoms with E-state index in [1.165, 1.54) is 11.9 Å². The van der Waals surface area contributed by atoms with E-state index in [-0.39, 0.29) is 17.7 Å². The molecule has 2 amide bonds. The largest absolute Gasteiger partial charge is 0.319 e. The molecule has 1 atom stereocenters. The molecule has 1 saturated heterocycles. The van der Waals surface area contributed by atoms with Crippen molar-refractivity contribution < 1.29 is 9.59 Å². The topological polar surface area (TPSA) is 49.4 Å². The van der Waals surface area contributed by atoms with Crippen molar-refractivity contribution in [3.8, 4) is 0 Å². The van der Waals surface area contributed by atoms with Gasteiger partial charge in [-0.25, -0.2) is 0 Å². The molecule has 0 aliphatic carbocycles. The SMILES string of the molecule is CC.CNCC1CC(=O)N(C)C1=O. The summed E-state index contributed by atoms with van der Waals surface area (Å²) in [5, 5.41) is 2.88. The van der Waals surface area contributed by atoms with Crippen LogP contribution in [0.2, 0.25) is 0 Å². The van der Waals surface area contributed by atoms with Gasteiger partial charge in [0.1, 0.15) is 0 Å². The van der Waals surface area contributed by atoms with Crippen molar-refractivity contribution >= 4 is 11.8 Å². The third-order valence-electron chi connectivity index (χ3n) is 1.93. The Balaban J connectivity index is 0.000000671. The number of rotatable bonds is 2. The van der Waals surface area contributed by atoms with Crippen molar-refractivity contribution in [2.75, 3.05) is 20.6 Å². The van der Waals surface area contributed by atoms with E-state index in [1.807, 2.05) is 13.8 Å². The Hall–Kier alpha value is -0.900. The molecule has 13 heavy (non-hydrogen) atoms. The van der Waals surface area contributed by atoms with E-state index in [2.05, 4.69) is 5.32 Å². The Kier molecular flexibility index (Phi) is 5.30. The van der Waals surface area contributed by atoms with E-state index >= 15 is 0 Å². The van der Waals surface area contributed by atoms with Gasteiger partial charge >= 0.3 is 0 Å². The van der Waals surface area contributed by atoms with Crippen molar-refractivity contribution in [2.45, 2.75) is 20.3 Å². The zero-order valence-corrected chi connectivity index (χ0v) is 8.76. The lowest BCUT2D eigenvalue weighted by atomic mass is 10.1. The molecule has 0 radical (unpaired) electrons. The molecule has 1 N–H and O–H groups in total. The number of hydrogen-bond acceptors (Lipinski definition) is 3. The molecule has 0 spiro atoms. The molecule has 1 unspecified atom stereocenters. The lowest BCUT2D eigenvalue weighted by Crippen LogP contribution is -2.29. The number of hydrogen-bond donors (Lipinski definition) is 1. The fourth-order valence-corrected chi connectivity index (χ4v) is 1.24. The minimum Gasteiger partial charge on any atom is -0.319 e. The maximum atomic E-state index is 11.2. The van der Waals surface area contributed by atoms with Crippen molar-refractivity contribution in [1.82, 2.24) is 10.2 Å². The third kappa shape index (κ3) is 2.81. The molecular formula is C9H18N2O2. The summed E-state index contributed by atoms with van der Waals surface area (Å²) >= 11 is 0. The summed E-state index contributed by atoms with van der Waals surface area (Å²) in [5.74, 6) is -0.280. The van der Waals surface area contributed by atoms with Crippen LogP contribution in [0, 0.1) is 5.92 Å². The van der Waals surface area contributed by atoms with Gasteiger partial charge in [-0.15, -0.1) is 0 Å². The Morgan fingerprint density at radius 3 is 2.31 bits per heavy atom. The van der Waals surface area contributed by atoms with Crippen molar-refractivity contribution in [1.29, 1.82) is 0 Å². The van der Waals surface area contributed by atoms with Crippen LogP contribution in [0.1, 0.15) is 20.3 Å². The van der Waals surface area contributed by atoms with E-state index < -0.39 is 0 Å². The maximum Gasteiger partial charge on any atom is 0.233 e. The summed E-state index contributed by atoms with van der Waals surface area (Å²) in [6.45, 7) is 4.59. The highest BCUT2D eigenvalue weighted by molar-refractivity contribution is 6.03. The number of nitrogens with one attached hydrogen (secondary N) is 1. The summed E-state index contributed by atoms with van der Waals surface area (Å²) < 4.78 is 0. The van der Waals surface area contributed by atoms with Crippen LogP contribution in [-0.4, -0.2) is 37.4 Å². The Morgan fingerprint density at radius 2 is 2.00 bits per heavy atom. The molecule has 0 aromatic heterocycles. The van der Waals surface area contributed by atoms with E-state index in [0.717, 1.165) is 0 Å². The monoisotopic (exact) mass is 186 g/mol. The van der Waals surface area contributed by atoms with Crippen LogP contribution in [0.25, 0.3) is 0 Å². The van der Waals surface area contributed by atoms with Crippen LogP contribution in [-0.2, 0) is 9.59 Å². The highest BCUT2D eigenvalue weighted by atomic mass is 16.2. The van der Waals surface area contributed by atoms with Gasteiger partial charge in [0.25, 0.3) is 0 Å². The van der Waals surface area contributed by atoms with Gasteiger partial charge in [0, 0.05) is 20.0 Å². The predicted octanol–water partition coefficient (Wildman–Crippen LogP) is 0.237. The van der Waals surface area contributed by atoms with E-state index in [4.69, 9.17) is 0 Å². The zero-order chi connectivity index (χ0) is 10.4. The molecule has 76 valence electrons. The van der Waals surface area contributed by atoms with Gasteiger partial charge < -0.3 is 5.32 Å². The van der Waals surface area contributed by atoms with Gasteiger partial charge in [-0.05, 0) is 7.05 Å². The smallest absolute Gasteiger partial charge is 0.233 e. The average molecular weight is 186 g/mol. The van der Waals surface area contributed by atoms with Crippen LogP contribution in [0.15, 0.2) is 0 Å². The Bertz CT molecular complexity index is 192. The lowest BCUT2D eigenvalue weighted by Gasteiger charge is -2.06. The summed E-state index contributed by atoms with van der Waals surface area (Å²) in [7, 11) is 3.30. The van der Waals surface area contributed by atoms with Crippen molar-refractivity contribution in [3.05, 3.63) is 0 Å². The molecule has 1 aliphatic heterocycles. The fraction of sp³-hybridized carbons (Fsp3) is 0.778. The fourth-order valence-electron chi connectivity index (χ4n) is 1.24. The van der Waals surface area contributed by atoms with Gasteiger partial charge in [-0.1, -0.05) is 13.8 Å². The highest BCUT2D eigenvalue weighted by Crippen LogP contribution is 2.16. The first-order chi connectivity index (χ1) is 6.16. The maximum absolute atomic E-state index is 11.2. The number of imide groups is 1. The molecule has 0 saturated carbocycles. The number of carbonyl (C=O) groups excluding carboxylic acids is 2. The first kappa shape index (κ1) is 12.1. The summed E-state index contributed by atoms with van der Waals surface area (Å²) in [6.07, 6.45) is 0.357. The summed E-state index contributed by atoms with van der Waals surface area (Å²) in [4.78, 5) is 23.3. The molecule has 1 aliphatic rings. The van der Waals surface area contributed by atoms with Crippen molar-refractivity contribution in [2.24, 2.45) is 5.92 Å². The molecular weight excluding hydrogens is 168 g/mol. The molecule has 0 aromatic rings. The van der Waals surface area contributed by atoms with Gasteiger partial charge in [0.2, 0.25) is 11.8 Å². The molecule has 4 nitrogen and oxygen atoms in total. The van der Waals surface area contributed by atoms with Crippen LogP contribution in [0.5, 0.6) is 0 Å². The Labute approximate surface area is 79.3 Å². The van der Waals surface area contributed by atoms with Gasteiger partial charge in [-0.2, -0.15) is 0 Å². The molecule has 1 heterocycles. The number of amides is 2. The minimum atomic E-state index is -0.141. The van der Waals surface area contributed by atoms with Crippen LogP contribution < -0.4 is 5.32 Å². The van der Waals surface area contributed by atoms with Crippen LogP contribution in [0.3, 0.4) is 0 Å². The van der Waals surface area contributed by atoms with Gasteiger partial charge in [0.05, 0.1) is 5.92 Å². The first-order valence-corrected chi connectivity index (χ1v) is 4.61. The number of likely N-dealkylation sites (tertiary alicyclic amines) is 1. The van der Waals surface area contributed by atoms with Crippen molar-refractivity contribution in [3.63, 3.8) is 0 Å². The summed E-state index contributed by atoms with van der Waals surface area (Å²) in [6, 6.07) is 0. The number of nitrogens with zero attached hydrogens (tertiary/aromatic N) is 1. The quantitative estimate of drug-likeness (QED) is 0.628. The van der Waals surface area contributed by atoms with E-state index in [1.54, 1.807) is 7.05 Å². The molecule has 0 bridgehead atoms.